The second kappa shape index (κ2) is 9.43. The third-order valence-corrected chi connectivity index (χ3v) is 6.86. The van der Waals surface area contributed by atoms with Gasteiger partial charge in [-0.1, -0.05) is 6.07 Å². The van der Waals surface area contributed by atoms with E-state index in [1.165, 1.54) is 0 Å². The minimum atomic E-state index is -1.25. The minimum absolute atomic E-state index is 0.00287. The maximum absolute atomic E-state index is 12.8. The molecule has 1 saturated carbocycles. The van der Waals surface area contributed by atoms with E-state index in [4.69, 9.17) is 4.74 Å². The molecule has 2 atom stereocenters. The fourth-order valence-corrected chi connectivity index (χ4v) is 4.95. The highest BCUT2D eigenvalue weighted by Crippen LogP contribution is 2.40. The summed E-state index contributed by atoms with van der Waals surface area (Å²) >= 11 is 0. The summed E-state index contributed by atoms with van der Waals surface area (Å²) in [6, 6.07) is 7.22. The number of ether oxygens (including phenoxy) is 1. The van der Waals surface area contributed by atoms with Crippen molar-refractivity contribution in [3.05, 3.63) is 57.5 Å². The highest BCUT2D eigenvalue weighted by molar-refractivity contribution is 5.78. The van der Waals surface area contributed by atoms with Crippen LogP contribution < -0.4 is 21.1 Å². The Bertz CT molecular complexity index is 1090. The molecule has 2 aliphatic rings. The number of aryl methyl sites for hydroxylation is 2. The zero-order valence-electron chi connectivity index (χ0n) is 20.7. The molecule has 0 bridgehead atoms. The molecule has 8 nitrogen and oxygen atoms in total. The average Bonchev–Trinajstić information content (AvgIpc) is 3.38. The molecule has 34 heavy (non-hydrogen) atoms. The highest BCUT2D eigenvalue weighted by Gasteiger charge is 2.36. The Balaban J connectivity index is 1.47. The zero-order chi connectivity index (χ0) is 24.6. The van der Waals surface area contributed by atoms with Crippen molar-refractivity contribution in [3.63, 3.8) is 0 Å². The largest absolute Gasteiger partial charge is 0.461 e. The molecule has 1 fully saturated rings. The normalized spacial score (nSPS) is 19.1. The first kappa shape index (κ1) is 24.3. The van der Waals surface area contributed by atoms with Gasteiger partial charge in [0.15, 0.2) is 0 Å². The van der Waals surface area contributed by atoms with Crippen molar-refractivity contribution in [2.24, 2.45) is 7.05 Å². The van der Waals surface area contributed by atoms with Crippen LogP contribution in [0.5, 0.6) is 0 Å². The van der Waals surface area contributed by atoms with Crippen molar-refractivity contribution >= 4 is 17.3 Å². The van der Waals surface area contributed by atoms with Gasteiger partial charge in [-0.2, -0.15) is 0 Å². The summed E-state index contributed by atoms with van der Waals surface area (Å²) in [6.45, 7) is 5.49. The van der Waals surface area contributed by atoms with Gasteiger partial charge in [0.05, 0.1) is 17.0 Å². The molecule has 4 rings (SSSR count). The summed E-state index contributed by atoms with van der Waals surface area (Å²) in [6.07, 6.45) is 5.67. The second-order valence-electron chi connectivity index (χ2n) is 10.2. The molecular weight excluding hydrogens is 432 g/mol. The van der Waals surface area contributed by atoms with Crippen LogP contribution in [0.2, 0.25) is 0 Å². The van der Waals surface area contributed by atoms with E-state index < -0.39 is 17.6 Å². The number of rotatable bonds is 7. The number of hydrogen-bond acceptors (Lipinski definition) is 7. The van der Waals surface area contributed by atoms with Crippen molar-refractivity contribution in [2.75, 3.05) is 17.3 Å². The van der Waals surface area contributed by atoms with Crippen molar-refractivity contribution < 1.29 is 14.6 Å². The van der Waals surface area contributed by atoms with Crippen molar-refractivity contribution in [1.29, 1.82) is 0 Å². The number of benzene rings is 1. The lowest BCUT2D eigenvalue weighted by atomic mass is 9.98. The van der Waals surface area contributed by atoms with E-state index in [1.54, 1.807) is 25.5 Å². The maximum atomic E-state index is 12.8. The molecule has 1 aliphatic carbocycles. The van der Waals surface area contributed by atoms with Crippen molar-refractivity contribution in [3.8, 4) is 0 Å². The first-order valence-corrected chi connectivity index (χ1v) is 12.0. The maximum Gasteiger partial charge on any atom is 0.326 e. The molecule has 1 aromatic carbocycles. The number of hydrogen-bond donors (Lipinski definition) is 3. The minimum Gasteiger partial charge on any atom is -0.461 e. The number of carbonyl (C=O) groups excluding carboxylic acids is 1. The Morgan fingerprint density at radius 3 is 2.62 bits per heavy atom. The predicted molar refractivity (Wildman–Crippen MR) is 133 cm³/mol. The van der Waals surface area contributed by atoms with Crippen LogP contribution in [0, 0.1) is 6.92 Å². The van der Waals surface area contributed by atoms with Gasteiger partial charge >= 0.3 is 5.97 Å². The van der Waals surface area contributed by atoms with Gasteiger partial charge in [-0.25, -0.2) is 0 Å². The Morgan fingerprint density at radius 1 is 1.26 bits per heavy atom. The number of nitrogens with zero attached hydrogens (tertiary/aromatic N) is 2. The Kier molecular flexibility index (Phi) is 6.73. The number of pyridine rings is 1. The van der Waals surface area contributed by atoms with Crippen LogP contribution in [0.3, 0.4) is 0 Å². The summed E-state index contributed by atoms with van der Waals surface area (Å²) in [5.41, 5.74) is 3.49. The average molecular weight is 469 g/mol. The van der Waals surface area contributed by atoms with E-state index in [0.717, 1.165) is 48.2 Å². The van der Waals surface area contributed by atoms with E-state index in [2.05, 4.69) is 21.6 Å². The Morgan fingerprint density at radius 2 is 1.97 bits per heavy atom. The SMILES string of the molecule is Cc1cc(C2Nc3cc(CNC(C(=O)OC4CCCC4)C(C)(C)O)ccc3N2C)cn(C)c1=O. The fourth-order valence-electron chi connectivity index (χ4n) is 4.95. The lowest BCUT2D eigenvalue weighted by Crippen LogP contribution is -2.53. The molecule has 2 aromatic rings. The van der Waals surface area contributed by atoms with E-state index in [9.17, 15) is 14.7 Å². The van der Waals surface area contributed by atoms with Crippen LogP contribution in [0.4, 0.5) is 11.4 Å². The van der Waals surface area contributed by atoms with Crippen LogP contribution >= 0.6 is 0 Å². The van der Waals surface area contributed by atoms with Crippen molar-refractivity contribution in [1.82, 2.24) is 9.88 Å². The van der Waals surface area contributed by atoms with Gasteiger partial charge in [-0.15, -0.1) is 0 Å². The van der Waals surface area contributed by atoms with Gasteiger partial charge in [-0.05, 0) is 70.2 Å². The van der Waals surface area contributed by atoms with E-state index in [-0.39, 0.29) is 17.8 Å². The number of carbonyl (C=O) groups is 1. The first-order valence-electron chi connectivity index (χ1n) is 12.0. The molecule has 0 spiro atoms. The summed E-state index contributed by atoms with van der Waals surface area (Å²) in [5.74, 6) is -0.399. The molecule has 3 N–H and O–H groups in total. The van der Waals surface area contributed by atoms with Gasteiger partial charge in [0, 0.05) is 38.0 Å². The topological polar surface area (TPSA) is 95.8 Å². The molecular formula is C26H36N4O4. The fraction of sp³-hybridized carbons (Fsp3) is 0.538. The number of nitrogens with one attached hydrogen (secondary N) is 2. The van der Waals surface area contributed by atoms with E-state index in [1.807, 2.05) is 38.4 Å². The molecule has 0 amide bonds. The van der Waals surface area contributed by atoms with Gasteiger partial charge in [-0.3, -0.25) is 14.9 Å². The molecule has 1 aliphatic heterocycles. The molecule has 0 saturated heterocycles. The van der Waals surface area contributed by atoms with Gasteiger partial charge < -0.3 is 24.6 Å². The number of aliphatic hydroxyl groups is 1. The van der Waals surface area contributed by atoms with Crippen molar-refractivity contribution in [2.45, 2.75) is 76.9 Å². The van der Waals surface area contributed by atoms with Gasteiger partial charge in [0.1, 0.15) is 18.3 Å². The number of esters is 1. The number of aromatic nitrogens is 1. The molecule has 184 valence electrons. The standard InChI is InChI=1S/C26H36N4O4/c1-16-12-18(15-29(4)24(16)31)23-28-20-13-17(10-11-21(20)30(23)5)14-27-22(26(2,3)33)25(32)34-19-8-6-7-9-19/h10-13,15,19,22-23,27-28,33H,6-9,14H2,1-5H3. The van der Waals surface area contributed by atoms with E-state index in [0.29, 0.717) is 12.1 Å². The third kappa shape index (κ3) is 4.98. The van der Waals surface area contributed by atoms with Gasteiger partial charge in [0.2, 0.25) is 0 Å². The summed E-state index contributed by atoms with van der Waals surface area (Å²) in [4.78, 5) is 27.0. The molecule has 0 radical (unpaired) electrons. The number of fused-ring (bicyclic) bond motifs is 1. The molecule has 1 aromatic heterocycles. The van der Waals surface area contributed by atoms with E-state index >= 15 is 0 Å². The third-order valence-electron chi connectivity index (χ3n) is 6.86. The first-order chi connectivity index (χ1) is 16.0. The lowest BCUT2D eigenvalue weighted by Gasteiger charge is -2.29. The van der Waals surface area contributed by atoms with Crippen LogP contribution in [0.15, 0.2) is 35.3 Å². The Labute approximate surface area is 200 Å². The summed E-state index contributed by atoms with van der Waals surface area (Å²) in [7, 11) is 3.78. The lowest BCUT2D eigenvalue weighted by molar-refractivity contribution is -0.157. The summed E-state index contributed by atoms with van der Waals surface area (Å²) < 4.78 is 7.27. The zero-order valence-corrected chi connectivity index (χ0v) is 20.7. The monoisotopic (exact) mass is 468 g/mol. The molecule has 2 heterocycles. The molecule has 2 unspecified atom stereocenters. The smallest absolute Gasteiger partial charge is 0.326 e. The van der Waals surface area contributed by atoms with Crippen LogP contribution in [0.25, 0.3) is 0 Å². The summed E-state index contributed by atoms with van der Waals surface area (Å²) in [5, 5.41) is 17.4. The second-order valence-corrected chi connectivity index (χ2v) is 10.2. The highest BCUT2D eigenvalue weighted by atomic mass is 16.5. The van der Waals surface area contributed by atoms with Crippen LogP contribution in [-0.2, 0) is 23.1 Å². The number of anilines is 2. The predicted octanol–water partition coefficient (Wildman–Crippen LogP) is 2.97. The van der Waals surface area contributed by atoms with Gasteiger partial charge in [0.25, 0.3) is 5.56 Å². The van der Waals surface area contributed by atoms with Crippen LogP contribution in [0.1, 0.15) is 62.4 Å². The molecule has 8 heteroatoms. The Hall–Kier alpha value is -2.84. The quantitative estimate of drug-likeness (QED) is 0.538. The van der Waals surface area contributed by atoms with Crippen LogP contribution in [-0.4, -0.2) is 40.4 Å².